The lowest BCUT2D eigenvalue weighted by atomic mass is 10.0. The van der Waals surface area contributed by atoms with Crippen LogP contribution >= 0.6 is 0 Å². The van der Waals surface area contributed by atoms with Crippen LogP contribution in [0.2, 0.25) is 0 Å². The third kappa shape index (κ3) is 5.81. The Hall–Kier alpha value is -1.37. The fourth-order valence-corrected chi connectivity index (χ4v) is 2.06. The molecule has 0 saturated carbocycles. The van der Waals surface area contributed by atoms with Crippen molar-refractivity contribution in [2.45, 2.75) is 52.4 Å². The SMILES string of the molecule is C/C=C/C(=O)/C1=C\CC/C=C(\C)CC/C=C/CC1. The van der Waals surface area contributed by atoms with Gasteiger partial charge >= 0.3 is 0 Å². The van der Waals surface area contributed by atoms with Crippen molar-refractivity contribution in [3.8, 4) is 0 Å². The lowest BCUT2D eigenvalue weighted by Crippen LogP contribution is -1.98. The molecular weight excluding hydrogens is 220 g/mol. The van der Waals surface area contributed by atoms with Gasteiger partial charge in [0, 0.05) is 0 Å². The molecule has 1 heteroatoms. The molecule has 1 aliphatic rings. The van der Waals surface area contributed by atoms with Gasteiger partial charge in [0.2, 0.25) is 0 Å². The van der Waals surface area contributed by atoms with Crippen LogP contribution in [0.3, 0.4) is 0 Å². The summed E-state index contributed by atoms with van der Waals surface area (Å²) in [6.45, 7) is 4.08. The Labute approximate surface area is 111 Å². The predicted molar refractivity (Wildman–Crippen MR) is 78.5 cm³/mol. The van der Waals surface area contributed by atoms with Gasteiger partial charge in [0.15, 0.2) is 5.78 Å². The molecule has 0 atom stereocenters. The van der Waals surface area contributed by atoms with Gasteiger partial charge in [-0.05, 0) is 64.0 Å². The number of rotatable bonds is 2. The third-order valence-electron chi connectivity index (χ3n) is 3.14. The summed E-state index contributed by atoms with van der Waals surface area (Å²) < 4.78 is 0. The highest BCUT2D eigenvalue weighted by atomic mass is 16.1. The molecule has 98 valence electrons. The summed E-state index contributed by atoms with van der Waals surface area (Å²) in [5.41, 5.74) is 2.42. The maximum Gasteiger partial charge on any atom is 0.181 e. The highest BCUT2D eigenvalue weighted by Crippen LogP contribution is 2.14. The number of ketones is 1. The summed E-state index contributed by atoms with van der Waals surface area (Å²) in [6, 6.07) is 0. The smallest absolute Gasteiger partial charge is 0.181 e. The molecule has 18 heavy (non-hydrogen) atoms. The van der Waals surface area contributed by atoms with Crippen molar-refractivity contribution < 1.29 is 4.79 Å². The molecule has 0 fully saturated rings. The molecule has 1 rings (SSSR count). The summed E-state index contributed by atoms with van der Waals surface area (Å²) in [6.07, 6.45) is 18.5. The second kappa shape index (κ2) is 8.68. The van der Waals surface area contributed by atoms with Crippen LogP contribution in [0.1, 0.15) is 52.4 Å². The van der Waals surface area contributed by atoms with E-state index in [9.17, 15) is 4.79 Å². The van der Waals surface area contributed by atoms with E-state index in [4.69, 9.17) is 0 Å². The van der Waals surface area contributed by atoms with Crippen molar-refractivity contribution >= 4 is 5.78 Å². The minimum absolute atomic E-state index is 0.170. The first-order valence-electron chi connectivity index (χ1n) is 6.90. The van der Waals surface area contributed by atoms with Crippen LogP contribution in [-0.2, 0) is 4.79 Å². The standard InChI is InChI=1S/C17H24O/c1-3-10-17(18)16-13-7-5-4-6-11-15(2)12-8-9-14-16/h3-5,10,12,14H,6-9,11,13H2,1-2H3/b5-4+,10-3+,15-12+,16-14-. The zero-order valence-electron chi connectivity index (χ0n) is 11.6. The van der Waals surface area contributed by atoms with Gasteiger partial charge in [-0.15, -0.1) is 0 Å². The Balaban J connectivity index is 2.73. The molecule has 0 heterocycles. The zero-order chi connectivity index (χ0) is 13.2. The Morgan fingerprint density at radius 2 is 1.72 bits per heavy atom. The van der Waals surface area contributed by atoms with Crippen molar-refractivity contribution in [2.24, 2.45) is 0 Å². The molecule has 1 nitrogen and oxygen atoms in total. The quantitative estimate of drug-likeness (QED) is 0.498. The van der Waals surface area contributed by atoms with E-state index in [2.05, 4.69) is 31.2 Å². The summed E-state index contributed by atoms with van der Waals surface area (Å²) in [5, 5.41) is 0. The highest BCUT2D eigenvalue weighted by molar-refractivity contribution is 6.03. The molecule has 0 radical (unpaired) electrons. The normalized spacial score (nSPS) is 26.3. The summed E-state index contributed by atoms with van der Waals surface area (Å²) in [5.74, 6) is 0.170. The first-order valence-corrected chi connectivity index (χ1v) is 6.90. The highest BCUT2D eigenvalue weighted by Gasteiger charge is 2.04. The largest absolute Gasteiger partial charge is 0.290 e. The number of hydrogen-bond acceptors (Lipinski definition) is 1. The molecule has 0 spiro atoms. The molecule has 0 aromatic heterocycles. The van der Waals surface area contributed by atoms with Crippen LogP contribution in [-0.4, -0.2) is 5.78 Å². The van der Waals surface area contributed by atoms with E-state index in [1.54, 1.807) is 6.08 Å². The molecule has 0 bridgehead atoms. The Morgan fingerprint density at radius 3 is 2.44 bits per heavy atom. The second-order valence-corrected chi connectivity index (χ2v) is 4.77. The van der Waals surface area contributed by atoms with Crippen LogP contribution in [0, 0.1) is 0 Å². The number of carbonyl (C=O) groups is 1. The molecule has 0 amide bonds. The molecule has 0 saturated heterocycles. The molecule has 0 aliphatic heterocycles. The molecule has 0 unspecified atom stereocenters. The van der Waals surface area contributed by atoms with Crippen molar-refractivity contribution in [3.63, 3.8) is 0 Å². The zero-order valence-corrected chi connectivity index (χ0v) is 11.6. The Kier molecular flexibility index (Phi) is 7.09. The summed E-state index contributed by atoms with van der Waals surface area (Å²) in [4.78, 5) is 11.9. The monoisotopic (exact) mass is 244 g/mol. The van der Waals surface area contributed by atoms with Gasteiger partial charge in [-0.3, -0.25) is 4.79 Å². The number of hydrogen-bond donors (Lipinski definition) is 0. The lowest BCUT2D eigenvalue weighted by molar-refractivity contribution is -0.111. The topological polar surface area (TPSA) is 17.1 Å². The second-order valence-electron chi connectivity index (χ2n) is 4.77. The average molecular weight is 244 g/mol. The van der Waals surface area contributed by atoms with Crippen molar-refractivity contribution in [1.29, 1.82) is 0 Å². The Morgan fingerprint density at radius 1 is 1.06 bits per heavy atom. The van der Waals surface area contributed by atoms with Crippen LogP contribution in [0.25, 0.3) is 0 Å². The number of allylic oxidation sites excluding steroid dienone is 8. The van der Waals surface area contributed by atoms with Gasteiger partial charge in [-0.25, -0.2) is 0 Å². The minimum Gasteiger partial charge on any atom is -0.290 e. The van der Waals surface area contributed by atoms with Gasteiger partial charge < -0.3 is 0 Å². The fraction of sp³-hybridized carbons (Fsp3) is 0.471. The third-order valence-corrected chi connectivity index (χ3v) is 3.14. The first kappa shape index (κ1) is 14.7. The van der Waals surface area contributed by atoms with Crippen LogP contribution < -0.4 is 0 Å². The molecule has 0 aromatic rings. The molecule has 1 aliphatic carbocycles. The van der Waals surface area contributed by atoms with E-state index in [1.807, 2.05) is 13.0 Å². The van der Waals surface area contributed by atoms with Gasteiger partial charge in [0.1, 0.15) is 0 Å². The maximum absolute atomic E-state index is 11.9. The van der Waals surface area contributed by atoms with Crippen molar-refractivity contribution in [3.05, 3.63) is 47.6 Å². The van der Waals surface area contributed by atoms with Crippen molar-refractivity contribution in [2.75, 3.05) is 0 Å². The fourth-order valence-electron chi connectivity index (χ4n) is 2.06. The van der Waals surface area contributed by atoms with E-state index in [1.165, 1.54) is 5.57 Å². The van der Waals surface area contributed by atoms with E-state index >= 15 is 0 Å². The average Bonchev–Trinajstić information content (AvgIpc) is 2.34. The van der Waals surface area contributed by atoms with Gasteiger partial charge in [0.05, 0.1) is 0 Å². The van der Waals surface area contributed by atoms with Crippen molar-refractivity contribution in [1.82, 2.24) is 0 Å². The molecular formula is C17H24O. The number of carbonyl (C=O) groups excluding carboxylic acids is 1. The van der Waals surface area contributed by atoms with Crippen LogP contribution in [0.5, 0.6) is 0 Å². The van der Waals surface area contributed by atoms with E-state index in [0.717, 1.165) is 44.1 Å². The Bertz CT molecular complexity index is 380. The first-order chi connectivity index (χ1) is 8.74. The molecule has 0 N–H and O–H groups in total. The van der Waals surface area contributed by atoms with E-state index in [0.29, 0.717) is 0 Å². The minimum atomic E-state index is 0.170. The van der Waals surface area contributed by atoms with Crippen LogP contribution in [0.15, 0.2) is 47.6 Å². The summed E-state index contributed by atoms with van der Waals surface area (Å²) in [7, 11) is 0. The van der Waals surface area contributed by atoms with Gasteiger partial charge in [-0.2, -0.15) is 0 Å². The van der Waals surface area contributed by atoms with E-state index < -0.39 is 0 Å². The molecule has 0 aromatic carbocycles. The lowest BCUT2D eigenvalue weighted by Gasteiger charge is -2.04. The maximum atomic E-state index is 11.9. The van der Waals surface area contributed by atoms with Gasteiger partial charge in [-0.1, -0.05) is 36.0 Å². The predicted octanol–water partition coefficient (Wildman–Crippen LogP) is 4.91. The van der Waals surface area contributed by atoms with Crippen LogP contribution in [0.4, 0.5) is 0 Å². The summed E-state index contributed by atoms with van der Waals surface area (Å²) >= 11 is 0. The van der Waals surface area contributed by atoms with E-state index in [-0.39, 0.29) is 5.78 Å². The van der Waals surface area contributed by atoms with Gasteiger partial charge in [0.25, 0.3) is 0 Å².